The summed E-state index contributed by atoms with van der Waals surface area (Å²) in [6.07, 6.45) is 5.35. The SMILES string of the molecule is Cc1cc(CCC(=O)O)n2c1C=C1C(CCSOO[O-])=CC(c3ccccc3)=[N+]1[B-]2(F)F.Cc1cc(CCC(=O)ON2C(=O)CC(S(=O)(=O)[O-])C2=O)n2c1C=C1C(CCSOO[O-])=CC(c3ccccc3)=[N+]1[B-]2(F)F. The molecule has 0 aliphatic carbocycles. The van der Waals surface area contributed by atoms with E-state index in [1.165, 1.54) is 6.07 Å². The van der Waals surface area contributed by atoms with E-state index < -0.39 is 65.9 Å². The Bertz CT molecular complexity index is 3270. The number of aromatic nitrogens is 2. The molecule has 2 aromatic carbocycles. The number of aryl methyl sites for hydroxylation is 4. The lowest BCUT2D eigenvalue weighted by Crippen LogP contribution is -2.51. The lowest BCUT2D eigenvalue weighted by Gasteiger charge is -2.31. The number of fused-ring (bicyclic) bond motifs is 4. The highest BCUT2D eigenvalue weighted by atomic mass is 32.2. The number of hydrogen-bond donors (Lipinski definition) is 1. The predicted molar refractivity (Wildman–Crippen MR) is 258 cm³/mol. The van der Waals surface area contributed by atoms with Crippen LogP contribution in [0.1, 0.15) is 77.1 Å². The van der Waals surface area contributed by atoms with Gasteiger partial charge in [0.1, 0.15) is 15.4 Å². The van der Waals surface area contributed by atoms with Crippen LogP contribution in [0.25, 0.3) is 12.2 Å². The summed E-state index contributed by atoms with van der Waals surface area (Å²) in [5.41, 5.74) is 5.79. The first kappa shape index (κ1) is 54.8. The van der Waals surface area contributed by atoms with E-state index in [4.69, 9.17) is 9.94 Å². The third-order valence-corrected chi connectivity index (χ3v) is 14.9. The minimum absolute atomic E-state index is 0.00859. The van der Waals surface area contributed by atoms with Crippen molar-refractivity contribution in [2.45, 2.75) is 64.0 Å². The van der Waals surface area contributed by atoms with Crippen LogP contribution in [0, 0.1) is 13.8 Å². The molecule has 0 radical (unpaired) electrons. The smallest absolute Gasteiger partial charge is 0.737 e. The van der Waals surface area contributed by atoms with Gasteiger partial charge < -0.3 is 60.2 Å². The van der Waals surface area contributed by atoms with Gasteiger partial charge in [-0.2, -0.15) is 8.67 Å². The number of carbonyl (C=O) groups is 4. The molecule has 4 aromatic rings. The number of rotatable bonds is 20. The van der Waals surface area contributed by atoms with E-state index in [0.29, 0.717) is 62.7 Å². The first-order valence-electron chi connectivity index (χ1n) is 22.8. The van der Waals surface area contributed by atoms with Gasteiger partial charge in [-0.05, 0) is 98.4 Å². The van der Waals surface area contributed by atoms with E-state index in [0.717, 1.165) is 42.0 Å². The predicted octanol–water partition coefficient (Wildman–Crippen LogP) is 4.24. The summed E-state index contributed by atoms with van der Waals surface area (Å²) in [7, 11) is -5.15. The number of halogens is 4. The van der Waals surface area contributed by atoms with Crippen molar-refractivity contribution in [3.8, 4) is 0 Å². The zero-order valence-corrected chi connectivity index (χ0v) is 41.9. The Hall–Kier alpha value is -6.40. The van der Waals surface area contributed by atoms with Crippen molar-refractivity contribution in [2.24, 2.45) is 0 Å². The van der Waals surface area contributed by atoms with Gasteiger partial charge in [0.25, 0.3) is 11.8 Å². The number of carboxylic acid groups (broad SMARTS) is 1. The number of hydrogen-bond acceptors (Lipinski definition) is 16. The third kappa shape index (κ3) is 11.1. The number of nitrogens with zero attached hydrogens (tertiary/aromatic N) is 5. The molecule has 1 fully saturated rings. The molecule has 0 bridgehead atoms. The number of carbonyl (C=O) groups excluding carboxylic acids is 3. The first-order chi connectivity index (χ1) is 35.7. The van der Waals surface area contributed by atoms with Crippen LogP contribution < -0.4 is 10.5 Å². The lowest BCUT2D eigenvalue weighted by atomic mass is 9.88. The average Bonchev–Trinajstić information content (AvgIpc) is 4.19. The Morgan fingerprint density at radius 2 is 1.16 bits per heavy atom. The Kier molecular flexibility index (Phi) is 16.4. The van der Waals surface area contributed by atoms with Crippen LogP contribution in [-0.2, 0) is 65.7 Å². The monoisotopic (exact) mass is 1100 g/mol. The molecule has 1 atom stereocenters. The highest BCUT2D eigenvalue weighted by Gasteiger charge is 2.56. The summed E-state index contributed by atoms with van der Waals surface area (Å²) in [4.78, 5) is 52.4. The highest BCUT2D eigenvalue weighted by Crippen LogP contribution is 2.41. The lowest BCUT2D eigenvalue weighted by molar-refractivity contribution is -0.777. The minimum Gasteiger partial charge on any atom is -0.747 e. The molecule has 1 unspecified atom stereocenters. The topological polar surface area (TPSA) is 257 Å². The molecular weight excluding hydrogens is 1060 g/mol. The summed E-state index contributed by atoms with van der Waals surface area (Å²) in [6.45, 7) is -5.42. The molecular formula is C46H42B2F4N5O15S3-3. The maximum absolute atomic E-state index is 16.6. The molecule has 5 aliphatic rings. The molecule has 29 heteroatoms. The molecule has 0 spiro atoms. The molecule has 396 valence electrons. The zero-order chi connectivity index (χ0) is 54.0. The van der Waals surface area contributed by atoms with Gasteiger partial charge in [0, 0.05) is 93.6 Å². The number of carboxylic acids is 1. The highest BCUT2D eigenvalue weighted by molar-refractivity contribution is 7.94. The summed E-state index contributed by atoms with van der Waals surface area (Å²) in [5.74, 6) is -4.28. The van der Waals surface area contributed by atoms with Gasteiger partial charge in [0.15, 0.2) is 22.8 Å². The van der Waals surface area contributed by atoms with Crippen molar-refractivity contribution < 1.29 is 97.6 Å². The fourth-order valence-corrected chi connectivity index (χ4v) is 11.1. The number of imide groups is 1. The Balaban J connectivity index is 0.000000208. The van der Waals surface area contributed by atoms with Crippen LogP contribution in [0.5, 0.6) is 0 Å². The van der Waals surface area contributed by atoms with Crippen LogP contribution >= 0.6 is 24.1 Å². The van der Waals surface area contributed by atoms with Crippen LogP contribution in [0.4, 0.5) is 17.3 Å². The molecule has 1 N–H and O–H groups in total. The molecule has 0 saturated carbocycles. The summed E-state index contributed by atoms with van der Waals surface area (Å²) >= 11 is 1.54. The third-order valence-electron chi connectivity index (χ3n) is 12.8. The summed E-state index contributed by atoms with van der Waals surface area (Å²) in [6, 6.07) is 20.6. The molecule has 2 aromatic heterocycles. The fourth-order valence-electron chi connectivity index (χ4n) is 9.62. The fraction of sp³-hybridized carbons (Fsp3) is 0.261. The number of amides is 2. The Morgan fingerprint density at radius 1 is 0.720 bits per heavy atom. The Morgan fingerprint density at radius 3 is 1.56 bits per heavy atom. The summed E-state index contributed by atoms with van der Waals surface area (Å²) < 4.78 is 111. The molecule has 20 nitrogen and oxygen atoms in total. The van der Waals surface area contributed by atoms with E-state index >= 15 is 17.3 Å². The zero-order valence-electron chi connectivity index (χ0n) is 39.5. The average molecular weight is 1100 g/mol. The number of hydroxylamine groups is 2. The number of benzene rings is 2. The van der Waals surface area contributed by atoms with Gasteiger partial charge in [0.2, 0.25) is 0 Å². The second-order valence-electron chi connectivity index (χ2n) is 17.5. The first-order valence-corrected chi connectivity index (χ1v) is 26.1. The van der Waals surface area contributed by atoms with Gasteiger partial charge in [-0.1, -0.05) is 36.4 Å². The maximum atomic E-state index is 16.6. The van der Waals surface area contributed by atoms with Crippen LogP contribution in [0.3, 0.4) is 0 Å². The second-order valence-corrected chi connectivity index (χ2v) is 20.6. The van der Waals surface area contributed by atoms with E-state index in [1.807, 2.05) is 6.07 Å². The van der Waals surface area contributed by atoms with Gasteiger partial charge in [0.05, 0.1) is 19.3 Å². The van der Waals surface area contributed by atoms with Crippen molar-refractivity contribution in [2.75, 3.05) is 11.5 Å². The molecule has 2 amide bonds. The minimum atomic E-state index is -5.15. The normalized spacial score (nSPS) is 18.1. The molecule has 5 aliphatic heterocycles. The number of allylic oxidation sites excluding steroid dienone is 4. The van der Waals surface area contributed by atoms with E-state index in [9.17, 15) is 42.7 Å². The Labute approximate surface area is 433 Å². The van der Waals surface area contributed by atoms with Gasteiger partial charge in [-0.3, -0.25) is 24.5 Å². The van der Waals surface area contributed by atoms with Crippen molar-refractivity contribution in [1.29, 1.82) is 0 Å². The number of aliphatic carboxylic acids is 1. The summed E-state index contributed by atoms with van der Waals surface area (Å²) in [5, 5.41) is 33.6. The van der Waals surface area contributed by atoms with Crippen molar-refractivity contribution in [3.05, 3.63) is 153 Å². The van der Waals surface area contributed by atoms with E-state index in [-0.39, 0.29) is 65.0 Å². The largest absolute Gasteiger partial charge is 0.747 e. The van der Waals surface area contributed by atoms with Crippen molar-refractivity contribution in [1.82, 2.24) is 14.0 Å². The van der Waals surface area contributed by atoms with Crippen LogP contribution in [0.2, 0.25) is 0 Å². The second kappa shape index (κ2) is 22.4. The van der Waals surface area contributed by atoms with E-state index in [1.54, 1.807) is 98.8 Å². The van der Waals surface area contributed by atoms with Gasteiger partial charge >= 0.3 is 25.9 Å². The van der Waals surface area contributed by atoms with Crippen LogP contribution in [0.15, 0.2) is 107 Å². The van der Waals surface area contributed by atoms with Crippen molar-refractivity contribution in [3.63, 3.8) is 0 Å². The molecule has 1 saturated heterocycles. The molecule has 75 heavy (non-hydrogen) atoms. The van der Waals surface area contributed by atoms with Crippen LogP contribution in [-0.4, -0.2) is 107 Å². The molecule has 7 heterocycles. The quantitative estimate of drug-likeness (QED) is 0.0190. The standard InChI is InChI=1S/C25H24BF2N3O10S2.C21H21BF2N2O5S/c1-15-11-18(7-8-24(33)39-31-23(32)14-22(25(31)34)43(36,37)38)29-19(15)13-21-17(9-10-42-41-40-35)12-20(30(21)26(29,27)28)16-5-3-2-4-6-16;1-14-11-17(7-8-21(27)28)25-18(14)13-20-16(9-10-32-31-30-29)12-19(26(20)22(25,23)24)15-5-3-2-4-6-15/h2-6,11-13,22,35H,7-10,14H2,1H3,(H,36,37,38);2-6,11-13,29H,7-10H2,1H3,(H,27,28)/p-3. The van der Waals surface area contributed by atoms with Gasteiger partial charge in [-0.25, -0.2) is 13.2 Å². The maximum Gasteiger partial charge on any atom is 0.737 e. The van der Waals surface area contributed by atoms with E-state index in [2.05, 4.69) is 18.7 Å². The van der Waals surface area contributed by atoms with Crippen molar-refractivity contribution >= 4 is 95.5 Å². The molecule has 9 rings (SSSR count). The van der Waals surface area contributed by atoms with Gasteiger partial charge in [-0.15, -0.1) is 5.06 Å².